The van der Waals surface area contributed by atoms with Gasteiger partial charge in [-0.2, -0.15) is 0 Å². The van der Waals surface area contributed by atoms with Gasteiger partial charge in [0, 0.05) is 18.7 Å². The third-order valence-electron chi connectivity index (χ3n) is 5.91. The van der Waals surface area contributed by atoms with E-state index in [-0.39, 0.29) is 5.91 Å². The van der Waals surface area contributed by atoms with Gasteiger partial charge in [-0.15, -0.1) is 0 Å². The summed E-state index contributed by atoms with van der Waals surface area (Å²) in [5.74, 6) is 0.218. The van der Waals surface area contributed by atoms with Crippen LogP contribution in [0.5, 0.6) is 0 Å². The average Bonchev–Trinajstić information content (AvgIpc) is 2.76. The van der Waals surface area contributed by atoms with Gasteiger partial charge in [-0.1, -0.05) is 78.9 Å². The Balaban J connectivity index is 1.51. The molecule has 0 spiro atoms. The molecule has 0 atom stereocenters. The lowest BCUT2D eigenvalue weighted by Crippen LogP contribution is -2.37. The minimum Gasteiger partial charge on any atom is -0.334 e. The first-order chi connectivity index (χ1) is 13.8. The highest BCUT2D eigenvalue weighted by molar-refractivity contribution is 6.04. The molecule has 1 heterocycles. The molecule has 0 bridgehead atoms. The Labute approximate surface area is 165 Å². The Bertz CT molecular complexity index is 1100. The third kappa shape index (κ3) is 2.95. The van der Waals surface area contributed by atoms with Gasteiger partial charge >= 0.3 is 0 Å². The molecule has 28 heavy (non-hydrogen) atoms. The Kier molecular flexibility index (Phi) is 4.32. The maximum absolute atomic E-state index is 13.2. The van der Waals surface area contributed by atoms with Crippen LogP contribution in [0.3, 0.4) is 0 Å². The molecule has 0 radical (unpaired) electrons. The van der Waals surface area contributed by atoms with Gasteiger partial charge in [0.05, 0.1) is 0 Å². The van der Waals surface area contributed by atoms with E-state index in [1.165, 1.54) is 33.0 Å². The smallest absolute Gasteiger partial charge is 0.250 e. The van der Waals surface area contributed by atoms with E-state index in [0.717, 1.165) is 31.4 Å². The average molecular weight is 365 g/mol. The van der Waals surface area contributed by atoms with Crippen LogP contribution in [-0.4, -0.2) is 17.4 Å². The van der Waals surface area contributed by atoms with Crippen LogP contribution in [0.15, 0.2) is 90.0 Å². The zero-order valence-corrected chi connectivity index (χ0v) is 15.9. The molecule has 2 heteroatoms. The van der Waals surface area contributed by atoms with Crippen molar-refractivity contribution in [1.82, 2.24) is 4.90 Å². The molecular weight excluding hydrogens is 342 g/mol. The Hall–Kier alpha value is -3.13. The third-order valence-corrected chi connectivity index (χ3v) is 5.91. The number of allylic oxidation sites excluding steroid dienone is 2. The Morgan fingerprint density at radius 1 is 0.786 bits per heavy atom. The predicted octanol–water partition coefficient (Wildman–Crippen LogP) is 5.75. The molecular formula is C26H23NO. The summed E-state index contributed by atoms with van der Waals surface area (Å²) >= 11 is 0. The largest absolute Gasteiger partial charge is 0.334 e. The molecule has 1 aliphatic heterocycles. The molecule has 0 saturated heterocycles. The molecule has 0 saturated carbocycles. The van der Waals surface area contributed by atoms with E-state index < -0.39 is 0 Å². The van der Waals surface area contributed by atoms with Gasteiger partial charge < -0.3 is 4.90 Å². The van der Waals surface area contributed by atoms with Gasteiger partial charge in [0.1, 0.15) is 0 Å². The summed E-state index contributed by atoms with van der Waals surface area (Å²) in [6.07, 6.45) is 5.06. The van der Waals surface area contributed by atoms with Crippen LogP contribution in [0.2, 0.25) is 0 Å². The summed E-state index contributed by atoms with van der Waals surface area (Å²) < 4.78 is 0. The molecule has 5 rings (SSSR count). The molecule has 1 amide bonds. The lowest BCUT2D eigenvalue weighted by atomic mass is 9.81. The zero-order valence-electron chi connectivity index (χ0n) is 15.9. The molecule has 1 aliphatic carbocycles. The van der Waals surface area contributed by atoms with Crippen molar-refractivity contribution in [2.45, 2.75) is 25.8 Å². The van der Waals surface area contributed by atoms with Crippen molar-refractivity contribution in [3.63, 3.8) is 0 Å². The van der Waals surface area contributed by atoms with Crippen molar-refractivity contribution < 1.29 is 4.79 Å². The van der Waals surface area contributed by atoms with E-state index in [1.54, 1.807) is 0 Å². The minimum atomic E-state index is 0.218. The maximum Gasteiger partial charge on any atom is 0.250 e. The summed E-state index contributed by atoms with van der Waals surface area (Å²) in [7, 11) is 0. The molecule has 0 fully saturated rings. The van der Waals surface area contributed by atoms with E-state index in [2.05, 4.69) is 60.7 Å². The van der Waals surface area contributed by atoms with Crippen LogP contribution in [0.4, 0.5) is 0 Å². The normalized spacial score (nSPS) is 16.9. The van der Waals surface area contributed by atoms with E-state index in [1.807, 2.05) is 23.1 Å². The first-order valence-electron chi connectivity index (χ1n) is 10.0. The van der Waals surface area contributed by atoms with E-state index in [9.17, 15) is 4.79 Å². The quantitative estimate of drug-likeness (QED) is 0.579. The van der Waals surface area contributed by atoms with E-state index >= 15 is 0 Å². The second-order valence-corrected chi connectivity index (χ2v) is 7.60. The number of carbonyl (C=O) groups is 1. The zero-order chi connectivity index (χ0) is 18.9. The summed E-state index contributed by atoms with van der Waals surface area (Å²) in [5.41, 5.74) is 6.01. The highest BCUT2D eigenvalue weighted by Gasteiger charge is 2.30. The molecule has 0 N–H and O–H groups in total. The van der Waals surface area contributed by atoms with Crippen LogP contribution >= 0.6 is 0 Å². The number of hydrogen-bond donors (Lipinski definition) is 0. The number of fused-ring (bicyclic) bond motifs is 1. The van der Waals surface area contributed by atoms with Crippen molar-refractivity contribution in [2.24, 2.45) is 0 Å². The Morgan fingerprint density at radius 3 is 2.46 bits per heavy atom. The number of benzene rings is 3. The maximum atomic E-state index is 13.2. The van der Waals surface area contributed by atoms with Gasteiger partial charge in [0.25, 0.3) is 0 Å². The fourth-order valence-electron chi connectivity index (χ4n) is 4.55. The van der Waals surface area contributed by atoms with E-state index in [0.29, 0.717) is 6.54 Å². The van der Waals surface area contributed by atoms with Crippen LogP contribution in [0.1, 0.15) is 30.4 Å². The number of rotatable bonds is 3. The molecule has 0 aromatic heterocycles. The highest BCUT2D eigenvalue weighted by Crippen LogP contribution is 2.40. The monoisotopic (exact) mass is 365 g/mol. The van der Waals surface area contributed by atoms with Gasteiger partial charge in [-0.3, -0.25) is 4.79 Å². The number of hydrogen-bond acceptors (Lipinski definition) is 1. The molecule has 2 aliphatic rings. The van der Waals surface area contributed by atoms with Crippen molar-refractivity contribution in [3.8, 4) is 0 Å². The molecule has 3 aromatic rings. The van der Waals surface area contributed by atoms with Gasteiger partial charge in [-0.25, -0.2) is 0 Å². The summed E-state index contributed by atoms with van der Waals surface area (Å²) in [4.78, 5) is 15.3. The Morgan fingerprint density at radius 2 is 1.57 bits per heavy atom. The fourth-order valence-corrected chi connectivity index (χ4v) is 4.55. The molecule has 138 valence electrons. The van der Waals surface area contributed by atoms with Crippen LogP contribution < -0.4 is 0 Å². The molecule has 3 aromatic carbocycles. The number of amides is 1. The predicted molar refractivity (Wildman–Crippen MR) is 115 cm³/mol. The van der Waals surface area contributed by atoms with Crippen molar-refractivity contribution in [3.05, 3.63) is 101 Å². The van der Waals surface area contributed by atoms with Gasteiger partial charge in [-0.05, 0) is 52.3 Å². The second kappa shape index (κ2) is 7.12. The lowest BCUT2D eigenvalue weighted by Gasteiger charge is -2.33. The topological polar surface area (TPSA) is 20.3 Å². The van der Waals surface area contributed by atoms with Gasteiger partial charge in [0.2, 0.25) is 5.91 Å². The fraction of sp³-hybridized carbons (Fsp3) is 0.192. The van der Waals surface area contributed by atoms with Gasteiger partial charge in [0.15, 0.2) is 0 Å². The molecule has 0 unspecified atom stereocenters. The second-order valence-electron chi connectivity index (χ2n) is 7.60. The van der Waals surface area contributed by atoms with Crippen LogP contribution in [0.25, 0.3) is 16.3 Å². The first kappa shape index (κ1) is 17.0. The lowest BCUT2D eigenvalue weighted by molar-refractivity contribution is -0.128. The molecule has 2 nitrogen and oxygen atoms in total. The first-order valence-corrected chi connectivity index (χ1v) is 10.0. The summed E-state index contributed by atoms with van der Waals surface area (Å²) in [6.45, 7) is 1.48. The van der Waals surface area contributed by atoms with Crippen molar-refractivity contribution >= 4 is 22.3 Å². The number of nitrogens with zero attached hydrogens (tertiary/aromatic N) is 1. The van der Waals surface area contributed by atoms with Crippen LogP contribution in [-0.2, 0) is 11.3 Å². The summed E-state index contributed by atoms with van der Waals surface area (Å²) in [6, 6.07) is 25.3. The summed E-state index contributed by atoms with van der Waals surface area (Å²) in [5, 5.41) is 2.52. The van der Waals surface area contributed by atoms with Crippen LogP contribution in [0, 0.1) is 0 Å². The standard InChI is InChI=1S/C26H23NO/c28-26-25-15-7-14-23(22-13-6-11-20-10-4-5-12-21(20)22)24(25)16-17-27(26)18-19-8-2-1-3-9-19/h1-6,8-14H,7,15-18H2. The number of carbonyl (C=O) groups excluding carboxylic acids is 1. The minimum absolute atomic E-state index is 0.218. The highest BCUT2D eigenvalue weighted by atomic mass is 16.2. The van der Waals surface area contributed by atoms with E-state index in [4.69, 9.17) is 0 Å². The van der Waals surface area contributed by atoms with Crippen molar-refractivity contribution in [1.29, 1.82) is 0 Å². The van der Waals surface area contributed by atoms with Crippen molar-refractivity contribution in [2.75, 3.05) is 6.54 Å². The SMILES string of the molecule is O=C1C2=C(CCN1Cc1ccccc1)C(c1cccc3ccccc13)=CCC2.